The van der Waals surface area contributed by atoms with Gasteiger partial charge in [-0.05, 0) is 5.92 Å². The molecule has 0 atom stereocenters. The van der Waals surface area contributed by atoms with Gasteiger partial charge in [-0.25, -0.2) is 14.8 Å². The van der Waals surface area contributed by atoms with Gasteiger partial charge in [-0.15, -0.1) is 0 Å². The van der Waals surface area contributed by atoms with E-state index in [1.807, 2.05) is 0 Å². The molecule has 0 saturated carbocycles. The van der Waals surface area contributed by atoms with Crippen molar-refractivity contribution >= 4 is 11.8 Å². The first-order chi connectivity index (χ1) is 6.65. The average Bonchev–Trinajstić information content (AvgIpc) is 2.16. The first kappa shape index (κ1) is 9.95. The molecule has 5 N–H and O–H groups in total. The van der Waals surface area contributed by atoms with Crippen molar-refractivity contribution in [3.8, 4) is 11.8 Å². The fraction of sp³-hybridized carbons (Fsp3) is 0.125. The third kappa shape index (κ3) is 2.18. The van der Waals surface area contributed by atoms with Crippen molar-refractivity contribution < 1.29 is 9.90 Å². The monoisotopic (exact) mass is 192 g/mol. The molecule has 1 heterocycles. The molecule has 1 aromatic heterocycles. The fourth-order valence-corrected chi connectivity index (χ4v) is 0.758. The number of carboxylic acid groups (broad SMARTS) is 1. The Bertz CT molecular complexity index is 419. The van der Waals surface area contributed by atoms with Crippen LogP contribution >= 0.6 is 0 Å². The number of nitrogens with two attached hydrogens (primary N) is 2. The van der Waals surface area contributed by atoms with Crippen LogP contribution in [0.1, 0.15) is 16.2 Å². The molecular weight excluding hydrogens is 184 g/mol. The van der Waals surface area contributed by atoms with Crippen molar-refractivity contribution in [2.45, 2.75) is 0 Å². The van der Waals surface area contributed by atoms with Crippen LogP contribution in [0.25, 0.3) is 0 Å². The van der Waals surface area contributed by atoms with Gasteiger partial charge in [0.1, 0.15) is 5.69 Å². The maximum Gasteiger partial charge on any atom is 0.358 e. The molecule has 0 saturated heterocycles. The molecule has 6 nitrogen and oxygen atoms in total. The topological polar surface area (TPSA) is 115 Å². The van der Waals surface area contributed by atoms with E-state index in [1.165, 1.54) is 6.20 Å². The molecule has 0 bridgehead atoms. The molecule has 1 rings (SSSR count). The quantitative estimate of drug-likeness (QED) is 0.495. The van der Waals surface area contributed by atoms with Gasteiger partial charge >= 0.3 is 5.97 Å². The molecule has 6 heteroatoms. The SMILES string of the molecule is NCC#Cc1cnc(N)c(C(=O)O)n1. The van der Waals surface area contributed by atoms with Crippen LogP contribution in [-0.4, -0.2) is 27.6 Å². The number of aromatic nitrogens is 2. The van der Waals surface area contributed by atoms with Gasteiger partial charge in [0.05, 0.1) is 12.7 Å². The van der Waals surface area contributed by atoms with Gasteiger partial charge < -0.3 is 16.6 Å². The summed E-state index contributed by atoms with van der Waals surface area (Å²) in [5.41, 5.74) is 10.4. The van der Waals surface area contributed by atoms with Crippen LogP contribution in [0.5, 0.6) is 0 Å². The number of carbonyl (C=O) groups is 1. The number of hydrogen-bond acceptors (Lipinski definition) is 5. The smallest absolute Gasteiger partial charge is 0.358 e. The number of nitrogens with zero attached hydrogens (tertiary/aromatic N) is 2. The van der Waals surface area contributed by atoms with Crippen LogP contribution in [0.15, 0.2) is 6.20 Å². The van der Waals surface area contributed by atoms with Crippen LogP contribution < -0.4 is 11.5 Å². The predicted molar refractivity (Wildman–Crippen MR) is 49.3 cm³/mol. The lowest BCUT2D eigenvalue weighted by Crippen LogP contribution is -2.08. The Morgan fingerprint density at radius 1 is 1.64 bits per heavy atom. The van der Waals surface area contributed by atoms with Crippen LogP contribution in [0.4, 0.5) is 5.82 Å². The summed E-state index contributed by atoms with van der Waals surface area (Å²) in [6.07, 6.45) is 1.30. The normalized spacial score (nSPS) is 8.93. The van der Waals surface area contributed by atoms with Gasteiger partial charge in [0.25, 0.3) is 0 Å². The van der Waals surface area contributed by atoms with Crippen molar-refractivity contribution in [3.63, 3.8) is 0 Å². The Morgan fingerprint density at radius 2 is 2.36 bits per heavy atom. The molecule has 0 radical (unpaired) electrons. The van der Waals surface area contributed by atoms with Gasteiger partial charge in [0.15, 0.2) is 11.5 Å². The van der Waals surface area contributed by atoms with Crippen molar-refractivity contribution in [1.82, 2.24) is 9.97 Å². The molecule has 72 valence electrons. The second-order valence-electron chi connectivity index (χ2n) is 2.30. The molecular formula is C8H8N4O2. The highest BCUT2D eigenvalue weighted by molar-refractivity contribution is 5.90. The number of carboxylic acids is 1. The highest BCUT2D eigenvalue weighted by Crippen LogP contribution is 2.04. The van der Waals surface area contributed by atoms with E-state index in [0.29, 0.717) is 0 Å². The minimum Gasteiger partial charge on any atom is -0.476 e. The molecule has 0 aliphatic carbocycles. The molecule has 1 aromatic rings. The van der Waals surface area contributed by atoms with E-state index in [9.17, 15) is 4.79 Å². The van der Waals surface area contributed by atoms with E-state index in [0.717, 1.165) is 0 Å². The third-order valence-corrected chi connectivity index (χ3v) is 1.32. The van der Waals surface area contributed by atoms with E-state index in [1.54, 1.807) is 0 Å². The van der Waals surface area contributed by atoms with E-state index in [-0.39, 0.29) is 23.8 Å². The third-order valence-electron chi connectivity index (χ3n) is 1.32. The zero-order chi connectivity index (χ0) is 10.6. The number of anilines is 1. The van der Waals surface area contributed by atoms with E-state index in [4.69, 9.17) is 16.6 Å². The summed E-state index contributed by atoms with van der Waals surface area (Å²) < 4.78 is 0. The Balaban J connectivity index is 3.13. The molecule has 0 aliphatic rings. The van der Waals surface area contributed by atoms with Crippen molar-refractivity contribution in [2.24, 2.45) is 5.73 Å². The highest BCUT2D eigenvalue weighted by Gasteiger charge is 2.10. The van der Waals surface area contributed by atoms with E-state index in [2.05, 4.69) is 21.8 Å². The number of hydrogen-bond donors (Lipinski definition) is 3. The van der Waals surface area contributed by atoms with Gasteiger partial charge in [-0.2, -0.15) is 0 Å². The average molecular weight is 192 g/mol. The van der Waals surface area contributed by atoms with E-state index >= 15 is 0 Å². The summed E-state index contributed by atoms with van der Waals surface area (Å²) in [5, 5.41) is 8.66. The molecule has 0 aliphatic heterocycles. The summed E-state index contributed by atoms with van der Waals surface area (Å²) in [5.74, 6) is 3.73. The molecule has 0 unspecified atom stereocenters. The fourth-order valence-electron chi connectivity index (χ4n) is 0.758. The predicted octanol–water partition coefficient (Wildman–Crippen LogP) is -0.933. The first-order valence-electron chi connectivity index (χ1n) is 3.70. The Morgan fingerprint density at radius 3 is 2.93 bits per heavy atom. The van der Waals surface area contributed by atoms with Gasteiger partial charge in [0.2, 0.25) is 0 Å². The largest absolute Gasteiger partial charge is 0.476 e. The number of nitrogen functional groups attached to an aromatic ring is 1. The lowest BCUT2D eigenvalue weighted by Gasteiger charge is -1.97. The highest BCUT2D eigenvalue weighted by atomic mass is 16.4. The van der Waals surface area contributed by atoms with Crippen LogP contribution in [0.3, 0.4) is 0 Å². The van der Waals surface area contributed by atoms with Gasteiger partial charge in [0, 0.05) is 0 Å². The Hall–Kier alpha value is -2.13. The number of aromatic carboxylic acids is 1. The summed E-state index contributed by atoms with van der Waals surface area (Å²) in [7, 11) is 0. The summed E-state index contributed by atoms with van der Waals surface area (Å²) >= 11 is 0. The second kappa shape index (κ2) is 4.20. The minimum atomic E-state index is -1.23. The van der Waals surface area contributed by atoms with Gasteiger partial charge in [-0.3, -0.25) is 0 Å². The summed E-state index contributed by atoms with van der Waals surface area (Å²) in [6, 6.07) is 0. The lowest BCUT2D eigenvalue weighted by molar-refractivity contribution is 0.0691. The summed E-state index contributed by atoms with van der Waals surface area (Å²) in [6.45, 7) is 0.175. The van der Waals surface area contributed by atoms with Crippen LogP contribution in [-0.2, 0) is 0 Å². The lowest BCUT2D eigenvalue weighted by atomic mass is 10.3. The molecule has 0 amide bonds. The van der Waals surface area contributed by atoms with Crippen molar-refractivity contribution in [1.29, 1.82) is 0 Å². The van der Waals surface area contributed by atoms with Gasteiger partial charge in [-0.1, -0.05) is 5.92 Å². The first-order valence-corrected chi connectivity index (χ1v) is 3.70. The van der Waals surface area contributed by atoms with Crippen molar-refractivity contribution in [2.75, 3.05) is 12.3 Å². The Labute approximate surface area is 80.0 Å². The van der Waals surface area contributed by atoms with E-state index < -0.39 is 5.97 Å². The standard InChI is InChI=1S/C8H8N4O2/c9-3-1-2-5-4-11-7(10)6(12-5)8(13)14/h4H,3,9H2,(H2,10,11)(H,13,14). The molecule has 0 spiro atoms. The second-order valence-corrected chi connectivity index (χ2v) is 2.30. The molecule has 14 heavy (non-hydrogen) atoms. The maximum absolute atomic E-state index is 10.6. The van der Waals surface area contributed by atoms with Crippen LogP contribution in [0, 0.1) is 11.8 Å². The Kier molecular flexibility index (Phi) is 2.99. The minimum absolute atomic E-state index is 0.129. The zero-order valence-corrected chi connectivity index (χ0v) is 7.19. The molecule has 0 fully saturated rings. The van der Waals surface area contributed by atoms with Crippen molar-refractivity contribution in [3.05, 3.63) is 17.6 Å². The number of rotatable bonds is 1. The maximum atomic E-state index is 10.6. The van der Waals surface area contributed by atoms with Crippen LogP contribution in [0.2, 0.25) is 0 Å². The summed E-state index contributed by atoms with van der Waals surface area (Å²) in [4.78, 5) is 17.9. The molecule has 0 aromatic carbocycles. The zero-order valence-electron chi connectivity index (χ0n) is 7.19.